The molecule has 2 aromatic rings. The number of hydrogen-bond donors (Lipinski definition) is 2. The number of guanidine groups is 1. The van der Waals surface area contributed by atoms with Crippen LogP contribution >= 0.6 is 11.3 Å². The van der Waals surface area contributed by atoms with Crippen molar-refractivity contribution in [3.63, 3.8) is 0 Å². The van der Waals surface area contributed by atoms with Crippen LogP contribution in [0.2, 0.25) is 0 Å². The highest BCUT2D eigenvalue weighted by molar-refractivity contribution is 7.09. The standard InChI is InChI=1S/C15H22N6S/c1-4-8-16-15(17-9-7-13-6-5-10-22-13)18-11-14-20-19-12(2)21(14)3/h4-6,10H,1,7-9,11H2,2-3H3,(H2,16,17,18). The average Bonchev–Trinajstić information content (AvgIpc) is 3.14. The molecule has 0 fully saturated rings. The normalized spacial score (nSPS) is 11.5. The molecule has 22 heavy (non-hydrogen) atoms. The number of aromatic nitrogens is 3. The molecule has 2 heterocycles. The Bertz CT molecular complexity index is 614. The van der Waals surface area contributed by atoms with Crippen LogP contribution in [0, 0.1) is 6.92 Å². The highest BCUT2D eigenvalue weighted by atomic mass is 32.1. The largest absolute Gasteiger partial charge is 0.356 e. The van der Waals surface area contributed by atoms with E-state index in [1.807, 2.05) is 24.6 Å². The number of thiophene rings is 1. The molecule has 0 unspecified atom stereocenters. The summed E-state index contributed by atoms with van der Waals surface area (Å²) in [5.74, 6) is 2.49. The summed E-state index contributed by atoms with van der Waals surface area (Å²) in [6.45, 7) is 7.64. The van der Waals surface area contributed by atoms with Gasteiger partial charge in [-0.2, -0.15) is 0 Å². The van der Waals surface area contributed by atoms with E-state index in [2.05, 4.69) is 49.9 Å². The van der Waals surface area contributed by atoms with Crippen LogP contribution in [-0.2, 0) is 20.0 Å². The third-order valence-corrected chi connectivity index (χ3v) is 4.16. The third-order valence-electron chi connectivity index (χ3n) is 3.22. The Morgan fingerprint density at radius 2 is 2.32 bits per heavy atom. The van der Waals surface area contributed by atoms with E-state index in [1.165, 1.54) is 4.88 Å². The summed E-state index contributed by atoms with van der Waals surface area (Å²) in [7, 11) is 1.95. The second kappa shape index (κ2) is 8.33. The van der Waals surface area contributed by atoms with E-state index < -0.39 is 0 Å². The highest BCUT2D eigenvalue weighted by Gasteiger charge is 2.05. The fourth-order valence-corrected chi connectivity index (χ4v) is 2.55. The van der Waals surface area contributed by atoms with Crippen molar-refractivity contribution >= 4 is 17.3 Å². The van der Waals surface area contributed by atoms with Gasteiger partial charge in [-0.3, -0.25) is 0 Å². The number of aryl methyl sites for hydroxylation is 1. The van der Waals surface area contributed by atoms with Gasteiger partial charge in [-0.1, -0.05) is 12.1 Å². The molecule has 7 heteroatoms. The molecule has 6 nitrogen and oxygen atoms in total. The van der Waals surface area contributed by atoms with Crippen LogP contribution in [-0.4, -0.2) is 33.8 Å². The molecule has 0 atom stereocenters. The molecular formula is C15H22N6S. The molecule has 0 aliphatic rings. The zero-order chi connectivity index (χ0) is 15.8. The summed E-state index contributed by atoms with van der Waals surface area (Å²) in [6, 6.07) is 4.21. The van der Waals surface area contributed by atoms with Gasteiger partial charge in [0.2, 0.25) is 0 Å². The maximum absolute atomic E-state index is 4.55. The van der Waals surface area contributed by atoms with Crippen LogP contribution in [0.1, 0.15) is 16.5 Å². The number of nitrogens with one attached hydrogen (secondary N) is 2. The molecule has 0 radical (unpaired) electrons. The number of nitrogens with zero attached hydrogens (tertiary/aromatic N) is 4. The van der Waals surface area contributed by atoms with Crippen molar-refractivity contribution in [1.82, 2.24) is 25.4 Å². The lowest BCUT2D eigenvalue weighted by molar-refractivity contribution is 0.758. The van der Waals surface area contributed by atoms with Crippen LogP contribution < -0.4 is 10.6 Å². The van der Waals surface area contributed by atoms with Gasteiger partial charge in [-0.15, -0.1) is 28.1 Å². The fourth-order valence-electron chi connectivity index (χ4n) is 1.84. The molecule has 0 saturated heterocycles. The van der Waals surface area contributed by atoms with Crippen LogP contribution in [0.4, 0.5) is 0 Å². The van der Waals surface area contributed by atoms with E-state index in [-0.39, 0.29) is 0 Å². The molecule has 0 amide bonds. The Morgan fingerprint density at radius 3 is 2.95 bits per heavy atom. The smallest absolute Gasteiger partial charge is 0.191 e. The molecule has 0 spiro atoms. The Labute approximate surface area is 135 Å². The van der Waals surface area contributed by atoms with Crippen LogP contribution in [0.3, 0.4) is 0 Å². The van der Waals surface area contributed by atoms with Crippen molar-refractivity contribution in [2.24, 2.45) is 12.0 Å². The van der Waals surface area contributed by atoms with Crippen LogP contribution in [0.5, 0.6) is 0 Å². The lowest BCUT2D eigenvalue weighted by Crippen LogP contribution is -2.38. The third kappa shape index (κ3) is 4.70. The predicted molar refractivity (Wildman–Crippen MR) is 91.1 cm³/mol. The van der Waals surface area contributed by atoms with Crippen molar-refractivity contribution in [2.45, 2.75) is 19.9 Å². The van der Waals surface area contributed by atoms with Gasteiger partial charge in [0.05, 0.1) is 0 Å². The molecule has 2 rings (SSSR count). The van der Waals surface area contributed by atoms with Gasteiger partial charge in [-0.05, 0) is 24.8 Å². The molecular weight excluding hydrogens is 296 g/mol. The number of rotatable bonds is 7. The summed E-state index contributed by atoms with van der Waals surface area (Å²) in [5.41, 5.74) is 0. The van der Waals surface area contributed by atoms with Crippen LogP contribution in [0.15, 0.2) is 35.2 Å². The Kier molecular flexibility index (Phi) is 6.14. The zero-order valence-corrected chi connectivity index (χ0v) is 13.9. The summed E-state index contributed by atoms with van der Waals surface area (Å²) in [4.78, 5) is 5.91. The second-order valence-corrected chi connectivity index (χ2v) is 5.85. The number of aliphatic imine (C=N–C) groups is 1. The topological polar surface area (TPSA) is 67.1 Å². The fraction of sp³-hybridized carbons (Fsp3) is 0.400. The number of hydrogen-bond acceptors (Lipinski definition) is 4. The van der Waals surface area contributed by atoms with Gasteiger partial charge in [0.25, 0.3) is 0 Å². The monoisotopic (exact) mass is 318 g/mol. The maximum Gasteiger partial charge on any atom is 0.191 e. The predicted octanol–water partition coefficient (Wildman–Crippen LogP) is 1.65. The summed E-state index contributed by atoms with van der Waals surface area (Å²) >= 11 is 1.77. The molecule has 0 aliphatic heterocycles. The SMILES string of the molecule is C=CCNC(=NCc1nnc(C)n1C)NCCc1cccs1. The first-order valence-electron chi connectivity index (χ1n) is 7.21. The summed E-state index contributed by atoms with van der Waals surface area (Å²) in [6.07, 6.45) is 2.79. The molecule has 2 N–H and O–H groups in total. The molecule has 0 aliphatic carbocycles. The Balaban J connectivity index is 1.90. The minimum absolute atomic E-state index is 0.489. The van der Waals surface area contributed by atoms with E-state index in [4.69, 9.17) is 0 Å². The lowest BCUT2D eigenvalue weighted by Gasteiger charge is -2.10. The molecule has 118 valence electrons. The van der Waals surface area contributed by atoms with Crippen molar-refractivity contribution in [3.05, 3.63) is 46.7 Å². The molecule has 0 bridgehead atoms. The quantitative estimate of drug-likeness (QED) is 0.463. The van der Waals surface area contributed by atoms with Crippen molar-refractivity contribution < 1.29 is 0 Å². The maximum atomic E-state index is 4.55. The first kappa shape index (κ1) is 16.2. The van der Waals surface area contributed by atoms with Gasteiger partial charge in [-0.25, -0.2) is 4.99 Å². The van der Waals surface area contributed by atoms with E-state index in [9.17, 15) is 0 Å². The second-order valence-electron chi connectivity index (χ2n) is 4.81. The highest BCUT2D eigenvalue weighted by Crippen LogP contribution is 2.08. The van der Waals surface area contributed by atoms with Gasteiger partial charge in [0.15, 0.2) is 11.8 Å². The van der Waals surface area contributed by atoms with Crippen molar-refractivity contribution in [1.29, 1.82) is 0 Å². The first-order chi connectivity index (χ1) is 10.7. The first-order valence-corrected chi connectivity index (χ1v) is 8.09. The zero-order valence-electron chi connectivity index (χ0n) is 13.0. The summed E-state index contributed by atoms with van der Waals surface area (Å²) < 4.78 is 1.94. The van der Waals surface area contributed by atoms with E-state index >= 15 is 0 Å². The molecule has 0 aromatic carbocycles. The molecule has 0 saturated carbocycles. The minimum Gasteiger partial charge on any atom is -0.356 e. The van der Waals surface area contributed by atoms with Crippen molar-refractivity contribution in [2.75, 3.05) is 13.1 Å². The summed E-state index contributed by atoms with van der Waals surface area (Å²) in [5, 5.41) is 16.8. The van der Waals surface area contributed by atoms with Crippen LogP contribution in [0.25, 0.3) is 0 Å². The Hall–Kier alpha value is -2.15. The van der Waals surface area contributed by atoms with Gasteiger partial charge >= 0.3 is 0 Å². The lowest BCUT2D eigenvalue weighted by atomic mass is 10.3. The van der Waals surface area contributed by atoms with E-state index in [0.29, 0.717) is 13.1 Å². The van der Waals surface area contributed by atoms with Crippen molar-refractivity contribution in [3.8, 4) is 0 Å². The van der Waals surface area contributed by atoms with Gasteiger partial charge in [0, 0.05) is 25.0 Å². The average molecular weight is 318 g/mol. The molecule has 2 aromatic heterocycles. The van der Waals surface area contributed by atoms with Gasteiger partial charge in [0.1, 0.15) is 12.4 Å². The Morgan fingerprint density at radius 1 is 1.45 bits per heavy atom. The van der Waals surface area contributed by atoms with E-state index in [0.717, 1.165) is 30.6 Å². The van der Waals surface area contributed by atoms with Gasteiger partial charge < -0.3 is 15.2 Å². The van der Waals surface area contributed by atoms with E-state index in [1.54, 1.807) is 11.3 Å². The minimum atomic E-state index is 0.489.